The minimum atomic E-state index is 0.493. The minimum absolute atomic E-state index is 0.493. The summed E-state index contributed by atoms with van der Waals surface area (Å²) in [7, 11) is 0. The van der Waals surface area contributed by atoms with Crippen LogP contribution < -0.4 is 0 Å². The summed E-state index contributed by atoms with van der Waals surface area (Å²) in [5.41, 5.74) is 30.8. The van der Waals surface area contributed by atoms with Gasteiger partial charge in [-0.25, -0.2) is 0 Å². The Bertz CT molecular complexity index is 3340. The topological polar surface area (TPSA) is 77.8 Å². The van der Waals surface area contributed by atoms with E-state index >= 15 is 0 Å². The van der Waals surface area contributed by atoms with Gasteiger partial charge in [-0.15, -0.1) is 20.4 Å². The van der Waals surface area contributed by atoms with Crippen LogP contribution in [0.15, 0.2) is 142 Å². The number of aromatic nitrogens is 4. The van der Waals surface area contributed by atoms with E-state index in [-0.39, 0.29) is 0 Å². The van der Waals surface area contributed by atoms with Crippen molar-refractivity contribution in [3.8, 4) is 101 Å². The van der Waals surface area contributed by atoms with Crippen molar-refractivity contribution in [2.75, 3.05) is 0 Å². The van der Waals surface area contributed by atoms with Gasteiger partial charge in [0.25, 0.3) is 0 Å². The fraction of sp³-hybridized carbons (Fsp3) is 0.188. The number of hydrogen-bond donors (Lipinski definition) is 0. The third kappa shape index (κ3) is 8.38. The summed E-state index contributed by atoms with van der Waals surface area (Å²) in [5.74, 6) is 1.98. The Kier molecular flexibility index (Phi) is 11.9. The molecule has 0 unspecified atom stereocenters. The molecule has 8 aromatic carbocycles. The molecule has 0 aliphatic carbocycles. The van der Waals surface area contributed by atoms with Crippen LogP contribution in [-0.4, -0.2) is 20.4 Å². The van der Waals surface area contributed by atoms with Gasteiger partial charge in [-0.1, -0.05) is 96.1 Å². The summed E-state index contributed by atoms with van der Waals surface area (Å²) < 4.78 is 12.5. The molecule has 0 aliphatic heterocycles. The maximum Gasteiger partial charge on any atom is 0.248 e. The highest BCUT2D eigenvalue weighted by molar-refractivity contribution is 5.90. The average molecular weight is 915 g/mol. The lowest BCUT2D eigenvalue weighted by Gasteiger charge is -2.24. The first-order valence-electron chi connectivity index (χ1n) is 24.1. The van der Waals surface area contributed by atoms with Crippen LogP contribution >= 0.6 is 0 Å². The SMILES string of the molecule is Cc1cc(C)c(-c2ccc(-c3nnc(-c4ccc(-c5c(C)cc(C)c(-c6c(C)cc(C)c(-c7ccc(-c8nnc(-c9ccc(-c%10c(C)cc(C)cc%10C)cc9)o8)cc7)c6C)c5C)cc4)o3)cc2)c(C)c1. The van der Waals surface area contributed by atoms with Crippen molar-refractivity contribution < 1.29 is 8.83 Å². The maximum absolute atomic E-state index is 6.27. The van der Waals surface area contributed by atoms with E-state index in [9.17, 15) is 0 Å². The summed E-state index contributed by atoms with van der Waals surface area (Å²) in [6, 6.07) is 47.4. The molecule has 0 aliphatic rings. The zero-order valence-corrected chi connectivity index (χ0v) is 42.3. The van der Waals surface area contributed by atoms with Crippen molar-refractivity contribution in [2.45, 2.75) is 83.1 Å². The highest BCUT2D eigenvalue weighted by atomic mass is 16.4. The first-order chi connectivity index (χ1) is 33.6. The Balaban J connectivity index is 0.898. The maximum atomic E-state index is 6.27. The number of hydrogen-bond acceptors (Lipinski definition) is 6. The lowest BCUT2D eigenvalue weighted by molar-refractivity contribution is 0.584. The van der Waals surface area contributed by atoms with Gasteiger partial charge in [-0.2, -0.15) is 0 Å². The van der Waals surface area contributed by atoms with Crippen LogP contribution in [0.4, 0.5) is 0 Å². The average Bonchev–Trinajstić information content (AvgIpc) is 4.02. The Hall–Kier alpha value is -7.96. The summed E-state index contributed by atoms with van der Waals surface area (Å²) in [6.07, 6.45) is 0. The van der Waals surface area contributed by atoms with Gasteiger partial charge in [0.1, 0.15) is 0 Å². The Morgan fingerprint density at radius 1 is 0.229 bits per heavy atom. The molecule has 0 bridgehead atoms. The van der Waals surface area contributed by atoms with E-state index in [4.69, 9.17) is 8.83 Å². The van der Waals surface area contributed by atoms with Gasteiger partial charge >= 0.3 is 0 Å². The predicted molar refractivity (Wildman–Crippen MR) is 288 cm³/mol. The predicted octanol–water partition coefficient (Wildman–Crippen LogP) is 17.2. The van der Waals surface area contributed by atoms with Gasteiger partial charge in [0.05, 0.1) is 0 Å². The number of rotatable bonds is 9. The Morgan fingerprint density at radius 3 is 0.686 bits per heavy atom. The zero-order chi connectivity index (χ0) is 49.1. The van der Waals surface area contributed by atoms with Crippen molar-refractivity contribution >= 4 is 0 Å². The summed E-state index contributed by atoms with van der Waals surface area (Å²) >= 11 is 0. The molecule has 10 aromatic rings. The molecule has 0 saturated heterocycles. The van der Waals surface area contributed by atoms with Gasteiger partial charge in [0.2, 0.25) is 23.6 Å². The van der Waals surface area contributed by atoms with Crippen molar-refractivity contribution in [1.82, 2.24) is 20.4 Å². The molecule has 0 spiro atoms. The fourth-order valence-corrected chi connectivity index (χ4v) is 11.3. The van der Waals surface area contributed by atoms with E-state index in [1.807, 2.05) is 0 Å². The van der Waals surface area contributed by atoms with Crippen molar-refractivity contribution in [3.63, 3.8) is 0 Å². The lowest BCUT2D eigenvalue weighted by atomic mass is 9.80. The fourth-order valence-electron chi connectivity index (χ4n) is 11.3. The monoisotopic (exact) mass is 914 g/mol. The van der Waals surface area contributed by atoms with E-state index in [0.717, 1.165) is 33.4 Å². The van der Waals surface area contributed by atoms with Gasteiger partial charge < -0.3 is 8.83 Å². The van der Waals surface area contributed by atoms with E-state index in [2.05, 4.69) is 237 Å². The lowest BCUT2D eigenvalue weighted by Crippen LogP contribution is -2.01. The molecule has 2 aromatic heterocycles. The molecule has 6 heteroatoms. The molecule has 0 saturated carbocycles. The normalized spacial score (nSPS) is 11.4. The van der Waals surface area contributed by atoms with Gasteiger partial charge in [0, 0.05) is 22.3 Å². The van der Waals surface area contributed by atoms with Crippen LogP contribution in [0.25, 0.3) is 101 Å². The molecule has 6 nitrogen and oxygen atoms in total. The first-order valence-corrected chi connectivity index (χ1v) is 24.1. The highest BCUT2D eigenvalue weighted by Crippen LogP contribution is 2.44. The molecule has 0 fully saturated rings. The molecule has 70 heavy (non-hydrogen) atoms. The second-order valence-electron chi connectivity index (χ2n) is 19.5. The molecule has 0 radical (unpaired) electrons. The Labute approximate surface area is 412 Å². The van der Waals surface area contributed by atoms with Crippen LogP contribution in [0.1, 0.15) is 66.8 Å². The molecule has 346 valence electrons. The molecule has 0 N–H and O–H groups in total. The molecule has 2 heterocycles. The van der Waals surface area contributed by atoms with Gasteiger partial charge in [0.15, 0.2) is 0 Å². The van der Waals surface area contributed by atoms with Crippen LogP contribution in [0.3, 0.4) is 0 Å². The van der Waals surface area contributed by atoms with E-state index in [0.29, 0.717) is 23.6 Å². The van der Waals surface area contributed by atoms with Crippen molar-refractivity contribution in [1.29, 1.82) is 0 Å². The third-order valence-electron chi connectivity index (χ3n) is 14.1. The van der Waals surface area contributed by atoms with Crippen LogP contribution in [-0.2, 0) is 0 Å². The summed E-state index contributed by atoms with van der Waals surface area (Å²) in [5, 5.41) is 17.8. The zero-order valence-electron chi connectivity index (χ0n) is 42.3. The second-order valence-corrected chi connectivity index (χ2v) is 19.5. The Morgan fingerprint density at radius 2 is 0.429 bits per heavy atom. The molecular formula is C64H58N4O2. The highest BCUT2D eigenvalue weighted by Gasteiger charge is 2.22. The third-order valence-corrected chi connectivity index (χ3v) is 14.1. The quantitative estimate of drug-likeness (QED) is 0.144. The van der Waals surface area contributed by atoms with Crippen molar-refractivity contribution in [3.05, 3.63) is 200 Å². The standard InChI is InChI=1S/C64H58N4O2/c1-35-29-37(3)55(38(4)30-35)47-13-21-51(22-14-47)61-65-67-63(69-61)53-25-17-49(18-26-53)57-41(7)33-43(9)59(45(57)11)60-44(10)34-42(8)58(46(60)12)50-19-27-54(28-20-50)64-68-66-62(70-64)52-23-15-48(16-24-52)56-39(5)31-36(2)32-40(56)6/h13-34H,1-12H3. The second kappa shape index (κ2) is 18.2. The number of aryl methyl sites for hydroxylation is 10. The van der Waals surface area contributed by atoms with Gasteiger partial charge in [-0.05, 0) is 243 Å². The summed E-state index contributed by atoms with van der Waals surface area (Å²) in [4.78, 5) is 0. The van der Waals surface area contributed by atoms with E-state index < -0.39 is 0 Å². The number of nitrogens with zero attached hydrogens (tertiary/aromatic N) is 4. The first kappa shape index (κ1) is 45.8. The minimum Gasteiger partial charge on any atom is -0.416 e. The van der Waals surface area contributed by atoms with Crippen LogP contribution in [0, 0.1) is 83.1 Å². The van der Waals surface area contributed by atoms with Crippen LogP contribution in [0.5, 0.6) is 0 Å². The van der Waals surface area contributed by atoms with Gasteiger partial charge in [-0.3, -0.25) is 0 Å². The molecule has 0 atom stereocenters. The van der Waals surface area contributed by atoms with E-state index in [1.165, 1.54) is 111 Å². The molecular weight excluding hydrogens is 857 g/mol. The molecule has 10 rings (SSSR count). The molecule has 0 amide bonds. The largest absolute Gasteiger partial charge is 0.416 e. The number of benzene rings is 8. The van der Waals surface area contributed by atoms with Crippen LogP contribution in [0.2, 0.25) is 0 Å². The van der Waals surface area contributed by atoms with E-state index in [1.54, 1.807) is 0 Å². The smallest absolute Gasteiger partial charge is 0.248 e. The summed E-state index contributed by atoms with van der Waals surface area (Å²) in [6.45, 7) is 26.4. The van der Waals surface area contributed by atoms with Crippen molar-refractivity contribution in [2.24, 2.45) is 0 Å².